The lowest BCUT2D eigenvalue weighted by Crippen LogP contribution is -1.93. The Morgan fingerprint density at radius 1 is 1.12 bits per heavy atom. The van der Waals surface area contributed by atoms with Crippen LogP contribution in [-0.2, 0) is 0 Å². The molecule has 0 aromatic rings. The summed E-state index contributed by atoms with van der Waals surface area (Å²) in [5.74, 6) is 5.86. The van der Waals surface area contributed by atoms with E-state index >= 15 is 0 Å². The Hall–Kier alpha value is -0.480. The minimum atomic E-state index is -0.475. The van der Waals surface area contributed by atoms with Crippen LogP contribution in [0.1, 0.15) is 20.8 Å². The fourth-order valence-corrected chi connectivity index (χ4v) is 0.287. The lowest BCUT2D eigenvalue weighted by molar-refractivity contribution is 0.253. The highest BCUT2D eigenvalue weighted by Crippen LogP contribution is 1.86. The van der Waals surface area contributed by atoms with Crippen LogP contribution in [-0.4, -0.2) is 11.2 Å². The quantitative estimate of drug-likeness (QED) is 0.464. The number of aliphatic hydroxyl groups is 1. The molecular formula is C7H12O. The highest BCUT2D eigenvalue weighted by atomic mass is 16.3. The van der Waals surface area contributed by atoms with Crippen molar-refractivity contribution < 1.29 is 5.11 Å². The van der Waals surface area contributed by atoms with Crippen LogP contribution in [0.2, 0.25) is 0 Å². The molecule has 0 aromatic carbocycles. The van der Waals surface area contributed by atoms with Gasteiger partial charge in [-0.15, -0.1) is 0 Å². The molecule has 0 unspecified atom stereocenters. The lowest BCUT2D eigenvalue weighted by Gasteiger charge is -1.89. The summed E-state index contributed by atoms with van der Waals surface area (Å²) in [7, 11) is 0. The van der Waals surface area contributed by atoms with Crippen molar-refractivity contribution in [1.29, 1.82) is 0 Å². The van der Waals surface area contributed by atoms with E-state index in [4.69, 9.17) is 5.11 Å². The van der Waals surface area contributed by atoms with Crippen LogP contribution in [0.4, 0.5) is 0 Å². The van der Waals surface area contributed by atoms with Crippen molar-refractivity contribution in [3.63, 3.8) is 0 Å². The van der Waals surface area contributed by atoms with E-state index < -0.39 is 6.10 Å². The molecule has 0 saturated carbocycles. The molecule has 0 rings (SSSR count). The van der Waals surface area contributed by atoms with Crippen molar-refractivity contribution in [2.24, 2.45) is 5.92 Å². The van der Waals surface area contributed by atoms with Crippen molar-refractivity contribution in [2.75, 3.05) is 0 Å². The Morgan fingerprint density at radius 2 is 1.62 bits per heavy atom. The summed E-state index contributed by atoms with van der Waals surface area (Å²) in [6.07, 6.45) is -0.475. The van der Waals surface area contributed by atoms with Gasteiger partial charge in [0, 0.05) is 5.92 Å². The molecule has 1 atom stereocenters. The maximum Gasteiger partial charge on any atom is 0.111 e. The number of hydrogen-bond donors (Lipinski definition) is 1. The monoisotopic (exact) mass is 112 g/mol. The first-order valence-electron chi connectivity index (χ1n) is 2.82. The summed E-state index contributed by atoms with van der Waals surface area (Å²) in [5.41, 5.74) is 0. The zero-order valence-electron chi connectivity index (χ0n) is 5.60. The van der Waals surface area contributed by atoms with Gasteiger partial charge in [-0.3, -0.25) is 0 Å². The van der Waals surface area contributed by atoms with E-state index in [1.807, 2.05) is 13.8 Å². The number of rotatable bonds is 0. The molecule has 0 saturated heterocycles. The van der Waals surface area contributed by atoms with E-state index in [0.29, 0.717) is 5.92 Å². The third-order valence-electron chi connectivity index (χ3n) is 0.581. The second kappa shape index (κ2) is 3.51. The third-order valence-corrected chi connectivity index (χ3v) is 0.581. The second-order valence-electron chi connectivity index (χ2n) is 2.12. The van der Waals surface area contributed by atoms with E-state index in [0.717, 1.165) is 0 Å². The molecule has 0 aliphatic carbocycles. The first-order chi connectivity index (χ1) is 3.63. The van der Waals surface area contributed by atoms with Gasteiger partial charge in [0.05, 0.1) is 0 Å². The van der Waals surface area contributed by atoms with E-state index in [9.17, 15) is 0 Å². The predicted molar refractivity (Wildman–Crippen MR) is 34.3 cm³/mol. The predicted octanol–water partition coefficient (Wildman–Crippen LogP) is 1.03. The van der Waals surface area contributed by atoms with E-state index in [1.54, 1.807) is 6.92 Å². The fourth-order valence-electron chi connectivity index (χ4n) is 0.287. The second-order valence-corrected chi connectivity index (χ2v) is 2.12. The lowest BCUT2D eigenvalue weighted by atomic mass is 10.2. The average molecular weight is 112 g/mol. The van der Waals surface area contributed by atoms with Gasteiger partial charge in [0.2, 0.25) is 0 Å². The van der Waals surface area contributed by atoms with Gasteiger partial charge in [-0.25, -0.2) is 0 Å². The van der Waals surface area contributed by atoms with Crippen LogP contribution in [0.3, 0.4) is 0 Å². The van der Waals surface area contributed by atoms with Gasteiger partial charge in [-0.1, -0.05) is 25.7 Å². The summed E-state index contributed by atoms with van der Waals surface area (Å²) in [4.78, 5) is 0. The Labute approximate surface area is 50.7 Å². The molecular weight excluding hydrogens is 100 g/mol. The molecule has 1 N–H and O–H groups in total. The van der Waals surface area contributed by atoms with Gasteiger partial charge in [-0.2, -0.15) is 0 Å². The fraction of sp³-hybridized carbons (Fsp3) is 0.714. The largest absolute Gasteiger partial charge is 0.381 e. The normalized spacial score (nSPS) is 12.6. The van der Waals surface area contributed by atoms with E-state index in [-0.39, 0.29) is 0 Å². The van der Waals surface area contributed by atoms with Gasteiger partial charge in [0.15, 0.2) is 0 Å². The van der Waals surface area contributed by atoms with Crippen molar-refractivity contribution >= 4 is 0 Å². The summed E-state index contributed by atoms with van der Waals surface area (Å²) < 4.78 is 0. The molecule has 0 amide bonds. The molecule has 0 aliphatic heterocycles. The number of aliphatic hydroxyl groups excluding tert-OH is 1. The molecule has 0 aliphatic rings. The van der Waals surface area contributed by atoms with Gasteiger partial charge in [0.25, 0.3) is 0 Å². The summed E-state index contributed by atoms with van der Waals surface area (Å²) in [6, 6.07) is 0. The maximum atomic E-state index is 8.63. The Morgan fingerprint density at radius 3 is 1.75 bits per heavy atom. The molecule has 0 aromatic heterocycles. The summed E-state index contributed by atoms with van der Waals surface area (Å²) >= 11 is 0. The number of hydrogen-bond acceptors (Lipinski definition) is 1. The topological polar surface area (TPSA) is 20.2 Å². The van der Waals surface area contributed by atoms with Gasteiger partial charge < -0.3 is 5.11 Å². The highest BCUT2D eigenvalue weighted by molar-refractivity contribution is 5.04. The van der Waals surface area contributed by atoms with E-state index in [2.05, 4.69) is 11.8 Å². The molecule has 0 heterocycles. The molecule has 0 bridgehead atoms. The summed E-state index contributed by atoms with van der Waals surface area (Å²) in [5, 5.41) is 8.63. The highest BCUT2D eigenvalue weighted by Gasteiger charge is 1.84. The Balaban J connectivity index is 3.50. The van der Waals surface area contributed by atoms with Crippen LogP contribution < -0.4 is 0 Å². The van der Waals surface area contributed by atoms with E-state index in [1.165, 1.54) is 0 Å². The molecule has 1 nitrogen and oxygen atoms in total. The minimum Gasteiger partial charge on any atom is -0.381 e. The van der Waals surface area contributed by atoms with Crippen molar-refractivity contribution in [1.82, 2.24) is 0 Å². The average Bonchev–Trinajstić information content (AvgIpc) is 1.61. The standard InChI is InChI=1S/C7H12O/c1-6(2)4-5-7(3)8/h6-8H,1-3H3/t7-/m0/s1. The zero-order chi connectivity index (χ0) is 6.57. The van der Waals surface area contributed by atoms with Crippen molar-refractivity contribution in [2.45, 2.75) is 26.9 Å². The molecule has 0 fully saturated rings. The van der Waals surface area contributed by atoms with Crippen LogP contribution in [0.25, 0.3) is 0 Å². The first-order valence-corrected chi connectivity index (χ1v) is 2.82. The molecule has 1 heteroatoms. The molecule has 8 heavy (non-hydrogen) atoms. The van der Waals surface area contributed by atoms with Gasteiger partial charge in [0.1, 0.15) is 6.10 Å². The zero-order valence-corrected chi connectivity index (χ0v) is 5.60. The van der Waals surface area contributed by atoms with Crippen molar-refractivity contribution in [3.05, 3.63) is 0 Å². The Bertz CT molecular complexity index is 91.3. The first kappa shape index (κ1) is 7.52. The smallest absolute Gasteiger partial charge is 0.111 e. The third kappa shape index (κ3) is 5.52. The SMILES string of the molecule is CC(C)C#C[C@H](C)O. The van der Waals surface area contributed by atoms with Gasteiger partial charge in [-0.05, 0) is 6.92 Å². The van der Waals surface area contributed by atoms with Crippen LogP contribution >= 0.6 is 0 Å². The summed E-state index contributed by atoms with van der Waals surface area (Å²) in [6.45, 7) is 5.65. The molecule has 0 spiro atoms. The Kier molecular flexibility index (Phi) is 3.30. The van der Waals surface area contributed by atoms with Crippen LogP contribution in [0.15, 0.2) is 0 Å². The van der Waals surface area contributed by atoms with Crippen LogP contribution in [0, 0.1) is 17.8 Å². The minimum absolute atomic E-state index is 0.365. The molecule has 46 valence electrons. The maximum absolute atomic E-state index is 8.63. The van der Waals surface area contributed by atoms with Crippen LogP contribution in [0.5, 0.6) is 0 Å². The van der Waals surface area contributed by atoms with Crippen molar-refractivity contribution in [3.8, 4) is 11.8 Å². The molecule has 0 radical (unpaired) electrons. The van der Waals surface area contributed by atoms with Gasteiger partial charge >= 0.3 is 0 Å².